The zero-order chi connectivity index (χ0) is 13.2. The van der Waals surface area contributed by atoms with Gasteiger partial charge in [-0.05, 0) is 20.1 Å². The van der Waals surface area contributed by atoms with E-state index in [1.165, 1.54) is 0 Å². The summed E-state index contributed by atoms with van der Waals surface area (Å²) in [6.07, 6.45) is 3.83. The maximum atomic E-state index is 4.50. The Morgan fingerprint density at radius 3 is 2.94 bits per heavy atom. The van der Waals surface area contributed by atoms with Crippen molar-refractivity contribution in [1.82, 2.24) is 25.4 Å². The van der Waals surface area contributed by atoms with Gasteiger partial charge in [0.05, 0.1) is 0 Å². The van der Waals surface area contributed by atoms with Crippen LogP contribution in [0.15, 0.2) is 11.3 Å². The summed E-state index contributed by atoms with van der Waals surface area (Å²) in [5.74, 6) is 2.78. The first kappa shape index (κ1) is 14.8. The van der Waals surface area contributed by atoms with E-state index in [2.05, 4.69) is 45.9 Å². The summed E-state index contributed by atoms with van der Waals surface area (Å²) in [7, 11) is 0. The molecule has 0 spiro atoms. The molecule has 0 amide bonds. The second-order valence-electron chi connectivity index (χ2n) is 3.65. The Labute approximate surface area is 113 Å². The average molecular weight is 270 g/mol. The molecule has 0 aliphatic rings. The van der Waals surface area contributed by atoms with E-state index in [-0.39, 0.29) is 0 Å². The molecular weight excluding hydrogens is 248 g/mol. The van der Waals surface area contributed by atoms with Crippen molar-refractivity contribution in [2.45, 2.75) is 26.9 Å². The van der Waals surface area contributed by atoms with Crippen LogP contribution in [0, 0.1) is 0 Å². The maximum Gasteiger partial charge on any atom is 0.191 e. The SMILES string of the molecule is CCNC(=NCc1nncn1CC)NCCSC. The topological polar surface area (TPSA) is 67.1 Å². The molecule has 2 N–H and O–H groups in total. The van der Waals surface area contributed by atoms with Gasteiger partial charge in [-0.25, -0.2) is 4.99 Å². The van der Waals surface area contributed by atoms with Gasteiger partial charge in [-0.1, -0.05) is 0 Å². The first-order valence-corrected chi connectivity index (χ1v) is 7.59. The van der Waals surface area contributed by atoms with E-state index in [0.29, 0.717) is 6.54 Å². The van der Waals surface area contributed by atoms with Gasteiger partial charge in [-0.3, -0.25) is 0 Å². The van der Waals surface area contributed by atoms with Gasteiger partial charge >= 0.3 is 0 Å². The monoisotopic (exact) mass is 270 g/mol. The highest BCUT2D eigenvalue weighted by atomic mass is 32.2. The standard InChI is InChI=1S/C11H22N6S/c1-4-12-11(13-6-7-18-3)14-8-10-16-15-9-17(10)5-2/h9H,4-8H2,1-3H3,(H2,12,13,14). The lowest BCUT2D eigenvalue weighted by Crippen LogP contribution is -2.38. The lowest BCUT2D eigenvalue weighted by Gasteiger charge is -2.10. The Morgan fingerprint density at radius 2 is 2.28 bits per heavy atom. The summed E-state index contributed by atoms with van der Waals surface area (Å²) in [6.45, 7) is 7.30. The number of aryl methyl sites for hydroxylation is 1. The molecule has 0 saturated carbocycles. The Kier molecular flexibility index (Phi) is 7.24. The van der Waals surface area contributed by atoms with E-state index in [1.54, 1.807) is 6.33 Å². The van der Waals surface area contributed by atoms with Crippen LogP contribution < -0.4 is 10.6 Å². The number of aromatic nitrogens is 3. The molecule has 18 heavy (non-hydrogen) atoms. The van der Waals surface area contributed by atoms with Crippen molar-refractivity contribution in [3.63, 3.8) is 0 Å². The average Bonchev–Trinajstić information content (AvgIpc) is 2.83. The fourth-order valence-electron chi connectivity index (χ4n) is 1.43. The van der Waals surface area contributed by atoms with E-state index in [9.17, 15) is 0 Å². The van der Waals surface area contributed by atoms with Crippen LogP contribution in [0.5, 0.6) is 0 Å². The Balaban J connectivity index is 2.53. The third-order valence-electron chi connectivity index (χ3n) is 2.36. The number of aliphatic imine (C=N–C) groups is 1. The molecule has 0 aliphatic heterocycles. The molecule has 0 unspecified atom stereocenters. The van der Waals surface area contributed by atoms with Crippen LogP contribution in [0.2, 0.25) is 0 Å². The zero-order valence-electron chi connectivity index (χ0n) is 11.3. The normalized spacial score (nSPS) is 11.6. The molecule has 1 aromatic rings. The number of hydrogen-bond donors (Lipinski definition) is 2. The van der Waals surface area contributed by atoms with Gasteiger partial charge in [0.15, 0.2) is 11.8 Å². The lowest BCUT2D eigenvalue weighted by atomic mass is 10.5. The van der Waals surface area contributed by atoms with E-state index in [4.69, 9.17) is 0 Å². The molecule has 1 heterocycles. The molecule has 7 heteroatoms. The van der Waals surface area contributed by atoms with Crippen LogP contribution in [-0.2, 0) is 13.1 Å². The van der Waals surface area contributed by atoms with Crippen molar-refractivity contribution in [2.75, 3.05) is 25.1 Å². The third kappa shape index (κ3) is 4.95. The molecule has 0 fully saturated rings. The minimum Gasteiger partial charge on any atom is -0.357 e. The molecule has 0 aromatic carbocycles. The van der Waals surface area contributed by atoms with Crippen LogP contribution in [0.4, 0.5) is 0 Å². The minimum absolute atomic E-state index is 0.544. The Morgan fingerprint density at radius 1 is 1.44 bits per heavy atom. The molecular formula is C11H22N6S. The summed E-state index contributed by atoms with van der Waals surface area (Å²) in [4.78, 5) is 4.50. The first-order chi connectivity index (χ1) is 8.81. The minimum atomic E-state index is 0.544. The molecule has 6 nitrogen and oxygen atoms in total. The molecule has 0 aliphatic carbocycles. The lowest BCUT2D eigenvalue weighted by molar-refractivity contribution is 0.695. The van der Waals surface area contributed by atoms with Crippen molar-refractivity contribution in [2.24, 2.45) is 4.99 Å². The largest absolute Gasteiger partial charge is 0.357 e. The number of nitrogens with zero attached hydrogens (tertiary/aromatic N) is 4. The molecule has 0 radical (unpaired) electrons. The summed E-state index contributed by atoms with van der Waals surface area (Å²) < 4.78 is 2.00. The van der Waals surface area contributed by atoms with E-state index >= 15 is 0 Å². The van der Waals surface area contributed by atoms with Gasteiger partial charge in [0.25, 0.3) is 0 Å². The number of hydrogen-bond acceptors (Lipinski definition) is 4. The highest BCUT2D eigenvalue weighted by molar-refractivity contribution is 7.98. The second kappa shape index (κ2) is 8.79. The van der Waals surface area contributed by atoms with Gasteiger partial charge < -0.3 is 15.2 Å². The van der Waals surface area contributed by atoms with E-state index in [1.807, 2.05) is 16.3 Å². The molecule has 1 aromatic heterocycles. The molecule has 0 saturated heterocycles. The second-order valence-corrected chi connectivity index (χ2v) is 4.63. The summed E-state index contributed by atoms with van der Waals surface area (Å²) in [5.41, 5.74) is 0. The predicted molar refractivity (Wildman–Crippen MR) is 76.9 cm³/mol. The first-order valence-electron chi connectivity index (χ1n) is 6.19. The fraction of sp³-hybridized carbons (Fsp3) is 0.727. The highest BCUT2D eigenvalue weighted by Crippen LogP contribution is 1.97. The van der Waals surface area contributed by atoms with Gasteiger partial charge in [-0.2, -0.15) is 11.8 Å². The van der Waals surface area contributed by atoms with Crippen LogP contribution in [0.1, 0.15) is 19.7 Å². The van der Waals surface area contributed by atoms with Crippen LogP contribution >= 0.6 is 11.8 Å². The summed E-state index contributed by atoms with van der Waals surface area (Å²) in [5, 5.41) is 14.4. The van der Waals surface area contributed by atoms with Crippen LogP contribution in [0.25, 0.3) is 0 Å². The smallest absolute Gasteiger partial charge is 0.191 e. The van der Waals surface area contributed by atoms with Crippen molar-refractivity contribution in [3.8, 4) is 0 Å². The van der Waals surface area contributed by atoms with Gasteiger partial charge in [-0.15, -0.1) is 10.2 Å². The number of nitrogens with one attached hydrogen (secondary N) is 2. The number of thioether (sulfide) groups is 1. The van der Waals surface area contributed by atoms with Crippen molar-refractivity contribution in [1.29, 1.82) is 0 Å². The number of guanidine groups is 1. The van der Waals surface area contributed by atoms with Crippen LogP contribution in [0.3, 0.4) is 0 Å². The maximum absolute atomic E-state index is 4.50. The summed E-state index contributed by atoms with van der Waals surface area (Å²) >= 11 is 1.81. The van der Waals surface area contributed by atoms with Gasteiger partial charge in [0.2, 0.25) is 0 Å². The van der Waals surface area contributed by atoms with Gasteiger partial charge in [0, 0.05) is 25.4 Å². The molecule has 0 bridgehead atoms. The van der Waals surface area contributed by atoms with E-state index in [0.717, 1.165) is 37.2 Å². The highest BCUT2D eigenvalue weighted by Gasteiger charge is 2.02. The molecule has 0 atom stereocenters. The number of rotatable bonds is 7. The molecule has 1 rings (SSSR count). The molecule has 102 valence electrons. The summed E-state index contributed by atoms with van der Waals surface area (Å²) in [6, 6.07) is 0. The van der Waals surface area contributed by atoms with Crippen molar-refractivity contribution < 1.29 is 0 Å². The van der Waals surface area contributed by atoms with Crippen molar-refractivity contribution >= 4 is 17.7 Å². The van der Waals surface area contributed by atoms with Crippen LogP contribution in [-0.4, -0.2) is 45.8 Å². The van der Waals surface area contributed by atoms with E-state index < -0.39 is 0 Å². The van der Waals surface area contributed by atoms with Crippen molar-refractivity contribution in [3.05, 3.63) is 12.2 Å². The van der Waals surface area contributed by atoms with Gasteiger partial charge in [0.1, 0.15) is 12.9 Å². The quantitative estimate of drug-likeness (QED) is 0.434. The Bertz CT molecular complexity index is 362. The third-order valence-corrected chi connectivity index (χ3v) is 2.97. The Hall–Kier alpha value is -1.24. The zero-order valence-corrected chi connectivity index (χ0v) is 12.1. The fourth-order valence-corrected chi connectivity index (χ4v) is 1.73. The predicted octanol–water partition coefficient (Wildman–Crippen LogP) is 0.716.